The number of nitrogens with zero attached hydrogens (tertiary/aromatic N) is 3. The Morgan fingerprint density at radius 2 is 2.22 bits per heavy atom. The van der Waals surface area contributed by atoms with Crippen LogP contribution in [0, 0.1) is 0 Å². The van der Waals surface area contributed by atoms with Gasteiger partial charge in [0.25, 0.3) is 0 Å². The number of rotatable bonds is 5. The van der Waals surface area contributed by atoms with Crippen molar-refractivity contribution in [2.24, 2.45) is 0 Å². The summed E-state index contributed by atoms with van der Waals surface area (Å²) in [4.78, 5) is 15.3. The van der Waals surface area contributed by atoms with Gasteiger partial charge in [-0.1, -0.05) is 13.8 Å². The average molecular weight is 251 g/mol. The molecule has 0 fully saturated rings. The third kappa shape index (κ3) is 2.35. The molecule has 7 heteroatoms. The molecule has 0 aliphatic heterocycles. The van der Waals surface area contributed by atoms with Crippen LogP contribution in [0.25, 0.3) is 5.65 Å². The van der Waals surface area contributed by atoms with Crippen molar-refractivity contribution in [3.05, 3.63) is 22.9 Å². The number of hydrogen-bond acceptors (Lipinski definition) is 5. The van der Waals surface area contributed by atoms with E-state index in [1.54, 1.807) is 6.07 Å². The van der Waals surface area contributed by atoms with Gasteiger partial charge in [-0.3, -0.25) is 0 Å². The third-order valence-corrected chi connectivity index (χ3v) is 3.22. The monoisotopic (exact) mass is 251 g/mol. The van der Waals surface area contributed by atoms with Gasteiger partial charge in [0.15, 0.2) is 5.65 Å². The lowest BCUT2D eigenvalue weighted by molar-refractivity contribution is 0.0456. The van der Waals surface area contributed by atoms with Crippen LogP contribution in [0.4, 0.5) is 5.82 Å². The molecule has 0 amide bonds. The zero-order valence-electron chi connectivity index (χ0n) is 10.5. The summed E-state index contributed by atoms with van der Waals surface area (Å²) in [5, 5.41) is 19.4. The number of H-pyrrole nitrogens is 1. The topological polar surface area (TPSA) is 95.3 Å². The van der Waals surface area contributed by atoms with Gasteiger partial charge in [-0.2, -0.15) is 5.10 Å². The highest BCUT2D eigenvalue weighted by Gasteiger charge is 2.21. The second kappa shape index (κ2) is 4.77. The van der Waals surface area contributed by atoms with Gasteiger partial charge in [0.2, 0.25) is 0 Å². The molecule has 0 unspecified atom stereocenters. The van der Waals surface area contributed by atoms with E-state index in [0.29, 0.717) is 30.9 Å². The van der Waals surface area contributed by atoms with Gasteiger partial charge in [-0.15, -0.1) is 0 Å². The van der Waals surface area contributed by atoms with Crippen LogP contribution in [0.3, 0.4) is 0 Å². The Hall–Kier alpha value is -1.89. The minimum Gasteiger partial charge on any atom is -0.388 e. The number of hydrogen-bond donors (Lipinski definition) is 3. The standard InChI is InChI=1S/C11H17N5O2/c1-3-11(18,4-2)6-12-8-5-9-14-15-10(17)16(9)7-13-8/h5,7,12,18H,3-4,6H2,1-2H3,(H,15,17). The van der Waals surface area contributed by atoms with Crippen molar-refractivity contribution in [1.29, 1.82) is 0 Å². The molecule has 0 aliphatic rings. The molecule has 0 bridgehead atoms. The molecule has 2 heterocycles. The minimum absolute atomic E-state index is 0.317. The highest BCUT2D eigenvalue weighted by atomic mass is 16.3. The van der Waals surface area contributed by atoms with E-state index in [4.69, 9.17) is 0 Å². The van der Waals surface area contributed by atoms with E-state index < -0.39 is 5.60 Å². The normalized spacial score (nSPS) is 11.9. The van der Waals surface area contributed by atoms with Crippen LogP contribution in [-0.4, -0.2) is 36.8 Å². The van der Waals surface area contributed by atoms with E-state index in [0.717, 1.165) is 0 Å². The van der Waals surface area contributed by atoms with E-state index >= 15 is 0 Å². The maximum atomic E-state index is 11.2. The van der Waals surface area contributed by atoms with Crippen molar-refractivity contribution < 1.29 is 5.11 Å². The molecular formula is C11H17N5O2. The molecule has 0 aromatic carbocycles. The molecule has 0 saturated heterocycles. The summed E-state index contributed by atoms with van der Waals surface area (Å²) in [5.41, 5.74) is -0.560. The van der Waals surface area contributed by atoms with E-state index in [1.807, 2.05) is 13.8 Å². The molecule has 2 aromatic heterocycles. The molecule has 3 N–H and O–H groups in total. The molecule has 0 radical (unpaired) electrons. The van der Waals surface area contributed by atoms with E-state index in [1.165, 1.54) is 10.7 Å². The van der Waals surface area contributed by atoms with Crippen molar-refractivity contribution in [2.75, 3.05) is 11.9 Å². The predicted molar refractivity (Wildman–Crippen MR) is 67.6 cm³/mol. The van der Waals surface area contributed by atoms with Crippen LogP contribution in [-0.2, 0) is 0 Å². The van der Waals surface area contributed by atoms with E-state index in [-0.39, 0.29) is 5.69 Å². The summed E-state index contributed by atoms with van der Waals surface area (Å²) < 4.78 is 1.32. The summed E-state index contributed by atoms with van der Waals surface area (Å²) in [5.74, 6) is 0.585. The maximum absolute atomic E-state index is 11.2. The van der Waals surface area contributed by atoms with Gasteiger partial charge in [0.05, 0.1) is 5.60 Å². The van der Waals surface area contributed by atoms with Crippen LogP contribution in [0.1, 0.15) is 26.7 Å². The summed E-state index contributed by atoms with van der Waals surface area (Å²) in [6.45, 7) is 4.29. The highest BCUT2D eigenvalue weighted by Crippen LogP contribution is 2.15. The Bertz CT molecular complexity index is 584. The zero-order valence-corrected chi connectivity index (χ0v) is 10.5. The van der Waals surface area contributed by atoms with Crippen molar-refractivity contribution >= 4 is 11.5 Å². The third-order valence-electron chi connectivity index (χ3n) is 3.22. The van der Waals surface area contributed by atoms with Gasteiger partial charge in [-0.25, -0.2) is 19.3 Å². The lowest BCUT2D eigenvalue weighted by Crippen LogP contribution is -2.35. The van der Waals surface area contributed by atoms with Gasteiger partial charge in [-0.05, 0) is 12.8 Å². The van der Waals surface area contributed by atoms with Gasteiger partial charge in [0, 0.05) is 12.6 Å². The summed E-state index contributed by atoms with van der Waals surface area (Å²) >= 11 is 0. The molecular weight excluding hydrogens is 234 g/mol. The molecule has 0 saturated carbocycles. The predicted octanol–water partition coefficient (Wildman–Crippen LogP) is 0.381. The quantitative estimate of drug-likeness (QED) is 0.714. The van der Waals surface area contributed by atoms with Crippen LogP contribution in [0.2, 0.25) is 0 Å². The number of anilines is 1. The number of nitrogens with one attached hydrogen (secondary N) is 2. The Morgan fingerprint density at radius 3 is 2.89 bits per heavy atom. The number of aliphatic hydroxyl groups is 1. The van der Waals surface area contributed by atoms with Crippen LogP contribution < -0.4 is 11.0 Å². The first-order valence-corrected chi connectivity index (χ1v) is 5.97. The summed E-state index contributed by atoms with van der Waals surface area (Å²) in [6, 6.07) is 1.66. The number of aromatic nitrogens is 4. The second-order valence-electron chi connectivity index (χ2n) is 4.32. The van der Waals surface area contributed by atoms with Crippen LogP contribution in [0.5, 0.6) is 0 Å². The molecule has 2 rings (SSSR count). The first-order valence-electron chi connectivity index (χ1n) is 5.97. The lowest BCUT2D eigenvalue weighted by Gasteiger charge is -2.25. The smallest absolute Gasteiger partial charge is 0.348 e. The molecule has 0 spiro atoms. The SMILES string of the molecule is CCC(O)(CC)CNc1cc2n[nH]c(=O)n2cn1. The Kier molecular flexibility index (Phi) is 3.33. The van der Waals surface area contributed by atoms with E-state index in [9.17, 15) is 9.90 Å². The molecule has 2 aromatic rings. The first-order chi connectivity index (χ1) is 8.58. The molecule has 0 aliphatic carbocycles. The van der Waals surface area contributed by atoms with Crippen molar-refractivity contribution in [2.45, 2.75) is 32.3 Å². The summed E-state index contributed by atoms with van der Waals surface area (Å²) in [6.07, 6.45) is 2.74. The Morgan fingerprint density at radius 1 is 1.50 bits per heavy atom. The Labute approximate surface area is 104 Å². The van der Waals surface area contributed by atoms with Gasteiger partial charge >= 0.3 is 5.69 Å². The fourth-order valence-electron chi connectivity index (χ4n) is 1.66. The lowest BCUT2D eigenvalue weighted by atomic mass is 9.98. The van der Waals surface area contributed by atoms with Gasteiger partial charge < -0.3 is 10.4 Å². The first kappa shape index (κ1) is 12.6. The molecule has 98 valence electrons. The Balaban J connectivity index is 2.15. The van der Waals surface area contributed by atoms with Crippen molar-refractivity contribution in [3.63, 3.8) is 0 Å². The van der Waals surface area contributed by atoms with Gasteiger partial charge in [0.1, 0.15) is 12.1 Å². The average Bonchev–Trinajstić information content (AvgIpc) is 2.77. The summed E-state index contributed by atoms with van der Waals surface area (Å²) in [7, 11) is 0. The maximum Gasteiger partial charge on any atom is 0.348 e. The number of fused-ring (bicyclic) bond motifs is 1. The highest BCUT2D eigenvalue weighted by molar-refractivity contribution is 5.48. The zero-order chi connectivity index (χ0) is 13.2. The fraction of sp³-hybridized carbons (Fsp3) is 0.545. The molecule has 0 atom stereocenters. The number of aromatic amines is 1. The molecule has 18 heavy (non-hydrogen) atoms. The molecule has 7 nitrogen and oxygen atoms in total. The van der Waals surface area contributed by atoms with E-state index in [2.05, 4.69) is 20.5 Å². The van der Waals surface area contributed by atoms with Crippen molar-refractivity contribution in [1.82, 2.24) is 19.6 Å². The minimum atomic E-state index is -0.737. The van der Waals surface area contributed by atoms with Crippen LogP contribution >= 0.6 is 0 Å². The fourth-order valence-corrected chi connectivity index (χ4v) is 1.66. The largest absolute Gasteiger partial charge is 0.388 e. The second-order valence-corrected chi connectivity index (χ2v) is 4.32. The van der Waals surface area contributed by atoms with Crippen molar-refractivity contribution in [3.8, 4) is 0 Å². The van der Waals surface area contributed by atoms with Crippen LogP contribution in [0.15, 0.2) is 17.2 Å².